The van der Waals surface area contributed by atoms with Gasteiger partial charge in [0.25, 0.3) is 0 Å². The van der Waals surface area contributed by atoms with Crippen LogP contribution in [0.3, 0.4) is 0 Å². The van der Waals surface area contributed by atoms with Gasteiger partial charge in [0.05, 0.1) is 5.69 Å². The standard InChI is InChI=1S/C47H33NO/c1-47(2)42-22-8-7-19-38(42)41-29-34(25-27-43(41)47)48(44-23-10-14-30-12-3-5-17-35(30)44)33-16-9-15-32(28-33)37-20-11-21-39-40-26-24-31-13-4-6-18-36(31)45(40)49-46(37)39/h3-29H,1-2H3. The summed E-state index contributed by atoms with van der Waals surface area (Å²) < 4.78 is 6.77. The van der Waals surface area contributed by atoms with E-state index in [4.69, 9.17) is 4.42 Å². The molecule has 9 aromatic rings. The predicted molar refractivity (Wildman–Crippen MR) is 206 cm³/mol. The molecule has 10 rings (SSSR count). The zero-order valence-electron chi connectivity index (χ0n) is 27.4. The molecule has 0 aliphatic heterocycles. The van der Waals surface area contributed by atoms with Crippen molar-refractivity contribution in [3.05, 3.63) is 175 Å². The van der Waals surface area contributed by atoms with Gasteiger partial charge < -0.3 is 9.32 Å². The average Bonchev–Trinajstić information content (AvgIpc) is 3.65. The molecular weight excluding hydrogens is 595 g/mol. The summed E-state index contributed by atoms with van der Waals surface area (Å²) in [6.07, 6.45) is 0. The van der Waals surface area contributed by atoms with Gasteiger partial charge in [-0.2, -0.15) is 0 Å². The zero-order chi connectivity index (χ0) is 32.7. The summed E-state index contributed by atoms with van der Waals surface area (Å²) in [7, 11) is 0. The highest BCUT2D eigenvalue weighted by atomic mass is 16.3. The summed E-state index contributed by atoms with van der Waals surface area (Å²) in [4.78, 5) is 2.42. The first-order valence-electron chi connectivity index (χ1n) is 17.0. The first-order chi connectivity index (χ1) is 24.1. The lowest BCUT2D eigenvalue weighted by atomic mass is 9.82. The van der Waals surface area contributed by atoms with Crippen molar-refractivity contribution < 1.29 is 4.42 Å². The number of anilines is 3. The molecule has 0 unspecified atom stereocenters. The number of rotatable bonds is 4. The number of nitrogens with zero attached hydrogens (tertiary/aromatic N) is 1. The van der Waals surface area contributed by atoms with Crippen LogP contribution in [0.1, 0.15) is 25.0 Å². The van der Waals surface area contributed by atoms with E-state index in [9.17, 15) is 0 Å². The molecule has 1 heterocycles. The normalized spacial score (nSPS) is 13.3. The van der Waals surface area contributed by atoms with Crippen molar-refractivity contribution in [1.82, 2.24) is 0 Å². The first-order valence-corrected chi connectivity index (χ1v) is 17.0. The molecule has 0 N–H and O–H groups in total. The molecule has 8 aromatic carbocycles. The lowest BCUT2D eigenvalue weighted by molar-refractivity contribution is 0.660. The summed E-state index contributed by atoms with van der Waals surface area (Å²) in [5.41, 5.74) is 12.8. The molecule has 2 nitrogen and oxygen atoms in total. The van der Waals surface area contributed by atoms with E-state index in [0.717, 1.165) is 55.5 Å². The second-order valence-corrected chi connectivity index (χ2v) is 13.7. The maximum Gasteiger partial charge on any atom is 0.143 e. The Morgan fingerprint density at radius 1 is 0.429 bits per heavy atom. The Kier molecular flexibility index (Phi) is 5.95. The fourth-order valence-corrected chi connectivity index (χ4v) is 8.24. The van der Waals surface area contributed by atoms with Crippen molar-refractivity contribution >= 4 is 60.5 Å². The van der Waals surface area contributed by atoms with E-state index in [0.29, 0.717) is 0 Å². The van der Waals surface area contributed by atoms with Crippen LogP contribution in [0.4, 0.5) is 17.1 Å². The van der Waals surface area contributed by atoms with Crippen LogP contribution in [0, 0.1) is 0 Å². The molecule has 0 spiro atoms. The van der Waals surface area contributed by atoms with E-state index in [1.165, 1.54) is 38.4 Å². The first kappa shape index (κ1) is 27.9. The summed E-state index contributed by atoms with van der Waals surface area (Å²) in [5, 5.41) is 7.03. The summed E-state index contributed by atoms with van der Waals surface area (Å²) in [5.74, 6) is 0. The van der Waals surface area contributed by atoms with Gasteiger partial charge in [0.15, 0.2) is 0 Å². The van der Waals surface area contributed by atoms with E-state index in [2.05, 4.69) is 183 Å². The van der Waals surface area contributed by atoms with E-state index in [1.54, 1.807) is 0 Å². The Bertz CT molecular complexity index is 2760. The lowest BCUT2D eigenvalue weighted by Crippen LogP contribution is -2.15. The zero-order valence-corrected chi connectivity index (χ0v) is 27.4. The van der Waals surface area contributed by atoms with Crippen LogP contribution in [0.5, 0.6) is 0 Å². The number of hydrogen-bond donors (Lipinski definition) is 0. The molecule has 49 heavy (non-hydrogen) atoms. The third-order valence-electron chi connectivity index (χ3n) is 10.6. The molecule has 232 valence electrons. The van der Waals surface area contributed by atoms with Crippen LogP contribution in [-0.2, 0) is 5.41 Å². The molecule has 1 aromatic heterocycles. The topological polar surface area (TPSA) is 16.4 Å². The third kappa shape index (κ3) is 4.14. The van der Waals surface area contributed by atoms with Crippen molar-refractivity contribution in [2.45, 2.75) is 19.3 Å². The molecule has 0 amide bonds. The Morgan fingerprint density at radius 2 is 1.06 bits per heavy atom. The smallest absolute Gasteiger partial charge is 0.143 e. The van der Waals surface area contributed by atoms with Gasteiger partial charge in [0, 0.05) is 43.9 Å². The second kappa shape index (κ2) is 10.4. The average molecular weight is 628 g/mol. The Morgan fingerprint density at radius 3 is 1.96 bits per heavy atom. The number of fused-ring (bicyclic) bond motifs is 9. The highest BCUT2D eigenvalue weighted by Crippen LogP contribution is 2.51. The van der Waals surface area contributed by atoms with E-state index >= 15 is 0 Å². The molecule has 0 saturated carbocycles. The fraction of sp³-hybridized carbons (Fsp3) is 0.0638. The van der Waals surface area contributed by atoms with E-state index < -0.39 is 0 Å². The second-order valence-electron chi connectivity index (χ2n) is 13.7. The van der Waals surface area contributed by atoms with Gasteiger partial charge in [0.2, 0.25) is 0 Å². The molecule has 2 heteroatoms. The van der Waals surface area contributed by atoms with Crippen molar-refractivity contribution in [2.75, 3.05) is 4.90 Å². The minimum Gasteiger partial charge on any atom is -0.455 e. The molecule has 0 bridgehead atoms. The maximum atomic E-state index is 6.77. The SMILES string of the molecule is CC1(C)c2ccccc2-c2cc(N(c3cccc(-c4cccc5c4oc4c6ccccc6ccc54)c3)c3cccc4ccccc34)ccc21. The minimum absolute atomic E-state index is 0.0504. The largest absolute Gasteiger partial charge is 0.455 e. The van der Waals surface area contributed by atoms with E-state index in [-0.39, 0.29) is 5.41 Å². The Labute approximate surface area is 285 Å². The van der Waals surface area contributed by atoms with Crippen LogP contribution < -0.4 is 4.90 Å². The summed E-state index contributed by atoms with van der Waals surface area (Å²) in [6, 6.07) is 59.4. The summed E-state index contributed by atoms with van der Waals surface area (Å²) in [6.45, 7) is 4.68. The van der Waals surface area contributed by atoms with Gasteiger partial charge >= 0.3 is 0 Å². The van der Waals surface area contributed by atoms with Gasteiger partial charge in [-0.1, -0.05) is 141 Å². The maximum absolute atomic E-state index is 6.77. The fourth-order valence-electron chi connectivity index (χ4n) is 8.24. The van der Waals surface area contributed by atoms with Gasteiger partial charge in [-0.3, -0.25) is 0 Å². The monoisotopic (exact) mass is 627 g/mol. The van der Waals surface area contributed by atoms with Gasteiger partial charge in [-0.15, -0.1) is 0 Å². The van der Waals surface area contributed by atoms with E-state index in [1.807, 2.05) is 0 Å². The van der Waals surface area contributed by atoms with Crippen LogP contribution >= 0.6 is 0 Å². The molecule has 0 atom stereocenters. The van der Waals surface area contributed by atoms with Gasteiger partial charge in [-0.25, -0.2) is 0 Å². The minimum atomic E-state index is -0.0504. The van der Waals surface area contributed by atoms with Crippen molar-refractivity contribution in [2.24, 2.45) is 0 Å². The van der Waals surface area contributed by atoms with Crippen molar-refractivity contribution in [3.8, 4) is 22.3 Å². The number of para-hydroxylation sites is 1. The van der Waals surface area contributed by atoms with Crippen LogP contribution in [0.2, 0.25) is 0 Å². The molecule has 0 saturated heterocycles. The van der Waals surface area contributed by atoms with Crippen molar-refractivity contribution in [3.63, 3.8) is 0 Å². The molecule has 1 aliphatic rings. The highest BCUT2D eigenvalue weighted by Gasteiger charge is 2.35. The quantitative estimate of drug-likeness (QED) is 0.193. The number of furan rings is 1. The Hall–Kier alpha value is -6.12. The molecule has 1 aliphatic carbocycles. The summed E-state index contributed by atoms with van der Waals surface area (Å²) >= 11 is 0. The molecular formula is C47H33NO. The van der Waals surface area contributed by atoms with Crippen LogP contribution in [0.25, 0.3) is 65.7 Å². The van der Waals surface area contributed by atoms with Gasteiger partial charge in [-0.05, 0) is 75.0 Å². The lowest BCUT2D eigenvalue weighted by Gasteiger charge is -2.28. The molecule has 0 radical (unpaired) electrons. The van der Waals surface area contributed by atoms with Gasteiger partial charge in [0.1, 0.15) is 11.2 Å². The van der Waals surface area contributed by atoms with Crippen LogP contribution in [-0.4, -0.2) is 0 Å². The van der Waals surface area contributed by atoms with Crippen LogP contribution in [0.15, 0.2) is 168 Å². The molecule has 0 fully saturated rings. The Balaban J connectivity index is 1.19. The number of hydrogen-bond acceptors (Lipinski definition) is 2. The number of benzene rings is 8. The third-order valence-corrected chi connectivity index (χ3v) is 10.6. The highest BCUT2D eigenvalue weighted by molar-refractivity contribution is 6.17. The predicted octanol–water partition coefficient (Wildman–Crippen LogP) is 13.3. The van der Waals surface area contributed by atoms with Crippen molar-refractivity contribution in [1.29, 1.82) is 0 Å².